The molecule has 0 radical (unpaired) electrons. The molecule has 168 valence electrons. The van der Waals surface area contributed by atoms with E-state index in [0.717, 1.165) is 30.1 Å². The average Bonchev–Trinajstić information content (AvgIpc) is 3.27. The lowest BCUT2D eigenvalue weighted by Crippen LogP contribution is -2.52. The molecule has 9 heteroatoms. The van der Waals surface area contributed by atoms with Gasteiger partial charge in [0.1, 0.15) is 23.2 Å². The Labute approximate surface area is 184 Å². The van der Waals surface area contributed by atoms with Crippen molar-refractivity contribution in [1.29, 1.82) is 0 Å². The van der Waals surface area contributed by atoms with Gasteiger partial charge in [0.05, 0.1) is 19.3 Å². The van der Waals surface area contributed by atoms with E-state index in [0.29, 0.717) is 19.8 Å². The number of amides is 2. The van der Waals surface area contributed by atoms with E-state index >= 15 is 0 Å². The SMILES string of the molecule is CC(C)[C@H](NC(=O)c1c(F)cccc1F)C(=O)NCC(c1cccs1)N1CCOCC1. The quantitative estimate of drug-likeness (QED) is 0.648. The van der Waals surface area contributed by atoms with E-state index in [9.17, 15) is 18.4 Å². The maximum absolute atomic E-state index is 14.0. The highest BCUT2D eigenvalue weighted by molar-refractivity contribution is 7.10. The van der Waals surface area contributed by atoms with Crippen LogP contribution < -0.4 is 10.6 Å². The molecule has 2 aromatic rings. The van der Waals surface area contributed by atoms with E-state index in [4.69, 9.17) is 4.74 Å². The third-order valence-corrected chi connectivity index (χ3v) is 6.23. The summed E-state index contributed by atoms with van der Waals surface area (Å²) in [7, 11) is 0. The number of benzene rings is 1. The number of nitrogens with one attached hydrogen (secondary N) is 2. The van der Waals surface area contributed by atoms with Gasteiger partial charge in [0.2, 0.25) is 5.91 Å². The summed E-state index contributed by atoms with van der Waals surface area (Å²) in [6.07, 6.45) is 0. The van der Waals surface area contributed by atoms with Crippen LogP contribution in [-0.2, 0) is 9.53 Å². The Balaban J connectivity index is 1.68. The van der Waals surface area contributed by atoms with Crippen molar-refractivity contribution in [1.82, 2.24) is 15.5 Å². The molecule has 1 saturated heterocycles. The van der Waals surface area contributed by atoms with Crippen LogP contribution in [0.2, 0.25) is 0 Å². The van der Waals surface area contributed by atoms with Gasteiger partial charge in [-0.05, 0) is 29.5 Å². The Morgan fingerprint density at radius 3 is 2.39 bits per heavy atom. The van der Waals surface area contributed by atoms with Crippen LogP contribution in [0, 0.1) is 17.6 Å². The largest absolute Gasteiger partial charge is 0.379 e. The van der Waals surface area contributed by atoms with E-state index in [2.05, 4.69) is 15.5 Å². The summed E-state index contributed by atoms with van der Waals surface area (Å²) in [6, 6.07) is 6.26. The van der Waals surface area contributed by atoms with Gasteiger partial charge in [-0.1, -0.05) is 26.0 Å². The molecule has 2 N–H and O–H groups in total. The number of hydrogen-bond donors (Lipinski definition) is 2. The topological polar surface area (TPSA) is 70.7 Å². The number of nitrogens with zero attached hydrogens (tertiary/aromatic N) is 1. The maximum Gasteiger partial charge on any atom is 0.257 e. The van der Waals surface area contributed by atoms with Gasteiger partial charge >= 0.3 is 0 Å². The van der Waals surface area contributed by atoms with Crippen molar-refractivity contribution in [3.63, 3.8) is 0 Å². The van der Waals surface area contributed by atoms with E-state index in [-0.39, 0.29) is 12.0 Å². The number of hydrogen-bond acceptors (Lipinski definition) is 5. The predicted octanol–water partition coefficient (Wildman–Crippen LogP) is 2.97. The zero-order valence-corrected chi connectivity index (χ0v) is 18.4. The molecular weight excluding hydrogens is 424 g/mol. The van der Waals surface area contributed by atoms with Crippen LogP contribution >= 0.6 is 11.3 Å². The number of ether oxygens (including phenoxy) is 1. The number of carbonyl (C=O) groups is 2. The zero-order valence-electron chi connectivity index (χ0n) is 17.6. The molecule has 2 amide bonds. The van der Waals surface area contributed by atoms with Gasteiger partial charge in [-0.25, -0.2) is 8.78 Å². The van der Waals surface area contributed by atoms with Crippen molar-refractivity contribution in [2.75, 3.05) is 32.8 Å². The normalized spacial score (nSPS) is 16.7. The molecule has 0 spiro atoms. The lowest BCUT2D eigenvalue weighted by atomic mass is 10.0. The predicted molar refractivity (Wildman–Crippen MR) is 115 cm³/mol. The van der Waals surface area contributed by atoms with E-state index < -0.39 is 35.1 Å². The van der Waals surface area contributed by atoms with Gasteiger partial charge in [-0.3, -0.25) is 14.5 Å². The lowest BCUT2D eigenvalue weighted by Gasteiger charge is -2.34. The third kappa shape index (κ3) is 5.87. The second kappa shape index (κ2) is 10.8. The van der Waals surface area contributed by atoms with Gasteiger partial charge in [0.25, 0.3) is 5.91 Å². The van der Waals surface area contributed by atoms with Crippen molar-refractivity contribution in [2.24, 2.45) is 5.92 Å². The molecule has 31 heavy (non-hydrogen) atoms. The first-order chi connectivity index (χ1) is 14.9. The second-order valence-electron chi connectivity index (χ2n) is 7.72. The van der Waals surface area contributed by atoms with Crippen molar-refractivity contribution in [2.45, 2.75) is 25.9 Å². The summed E-state index contributed by atoms with van der Waals surface area (Å²) in [5, 5.41) is 7.40. The fraction of sp³-hybridized carbons (Fsp3) is 0.455. The Bertz CT molecular complexity index is 866. The molecule has 2 heterocycles. The Morgan fingerprint density at radius 2 is 1.81 bits per heavy atom. The Kier molecular flexibility index (Phi) is 8.11. The summed E-state index contributed by atoms with van der Waals surface area (Å²) in [5.41, 5.74) is -0.689. The van der Waals surface area contributed by atoms with Crippen LogP contribution in [-0.4, -0.2) is 55.6 Å². The van der Waals surface area contributed by atoms with Crippen LogP contribution in [0.4, 0.5) is 8.78 Å². The van der Waals surface area contributed by atoms with Crippen LogP contribution in [0.25, 0.3) is 0 Å². The monoisotopic (exact) mass is 451 g/mol. The second-order valence-corrected chi connectivity index (χ2v) is 8.70. The lowest BCUT2D eigenvalue weighted by molar-refractivity contribution is -0.124. The zero-order chi connectivity index (χ0) is 22.4. The third-order valence-electron chi connectivity index (χ3n) is 5.25. The first-order valence-corrected chi connectivity index (χ1v) is 11.1. The van der Waals surface area contributed by atoms with Crippen molar-refractivity contribution < 1.29 is 23.1 Å². The maximum atomic E-state index is 14.0. The fourth-order valence-electron chi connectivity index (χ4n) is 3.55. The van der Waals surface area contributed by atoms with Crippen LogP contribution in [0.15, 0.2) is 35.7 Å². The average molecular weight is 452 g/mol. The highest BCUT2D eigenvalue weighted by Gasteiger charge is 2.29. The standard InChI is InChI=1S/C22H27F2N3O3S/c1-14(2)20(26-21(28)19-15(23)5-3-6-16(19)24)22(29)25-13-17(18-7-4-12-31-18)27-8-10-30-11-9-27/h3-7,12,14,17,20H,8-11,13H2,1-2H3,(H,25,29)(H,26,28)/t17?,20-/m0/s1. The summed E-state index contributed by atoms with van der Waals surface area (Å²) in [4.78, 5) is 28.8. The molecule has 3 rings (SSSR count). The molecule has 1 aromatic carbocycles. The van der Waals surface area contributed by atoms with Gasteiger partial charge in [-0.2, -0.15) is 0 Å². The van der Waals surface area contributed by atoms with Gasteiger partial charge in [0.15, 0.2) is 0 Å². The van der Waals surface area contributed by atoms with E-state index in [1.165, 1.54) is 6.07 Å². The molecule has 2 atom stereocenters. The fourth-order valence-corrected chi connectivity index (χ4v) is 4.41. The minimum absolute atomic E-state index is 0.0135. The highest BCUT2D eigenvalue weighted by atomic mass is 32.1. The number of carbonyl (C=O) groups excluding carboxylic acids is 2. The van der Waals surface area contributed by atoms with Gasteiger partial charge in [0, 0.05) is 24.5 Å². The van der Waals surface area contributed by atoms with Gasteiger partial charge in [-0.15, -0.1) is 11.3 Å². The number of halogens is 2. The summed E-state index contributed by atoms with van der Waals surface area (Å²) >= 11 is 1.62. The molecule has 1 aliphatic rings. The Morgan fingerprint density at radius 1 is 1.13 bits per heavy atom. The Hall–Kier alpha value is -2.36. The summed E-state index contributed by atoms with van der Waals surface area (Å²) in [6.45, 7) is 6.67. The molecule has 6 nitrogen and oxygen atoms in total. The van der Waals surface area contributed by atoms with Crippen LogP contribution in [0.3, 0.4) is 0 Å². The van der Waals surface area contributed by atoms with Crippen molar-refractivity contribution in [3.8, 4) is 0 Å². The molecule has 1 fully saturated rings. The summed E-state index contributed by atoms with van der Waals surface area (Å²) in [5.74, 6) is -3.55. The molecule has 1 unspecified atom stereocenters. The van der Waals surface area contributed by atoms with E-state index in [1.807, 2.05) is 17.5 Å². The molecule has 0 aliphatic carbocycles. The molecular formula is C22H27F2N3O3S. The highest BCUT2D eigenvalue weighted by Crippen LogP contribution is 2.25. The van der Waals surface area contributed by atoms with Crippen molar-refractivity contribution in [3.05, 3.63) is 57.8 Å². The molecule has 1 aromatic heterocycles. The van der Waals surface area contributed by atoms with Crippen LogP contribution in [0.5, 0.6) is 0 Å². The summed E-state index contributed by atoms with van der Waals surface area (Å²) < 4.78 is 33.3. The number of morpholine rings is 1. The number of thiophene rings is 1. The molecule has 0 saturated carbocycles. The molecule has 0 bridgehead atoms. The molecule has 1 aliphatic heterocycles. The minimum Gasteiger partial charge on any atom is -0.379 e. The van der Waals surface area contributed by atoms with E-state index in [1.54, 1.807) is 25.2 Å². The van der Waals surface area contributed by atoms with Crippen molar-refractivity contribution >= 4 is 23.2 Å². The smallest absolute Gasteiger partial charge is 0.257 e. The first kappa shape index (κ1) is 23.3. The van der Waals surface area contributed by atoms with Gasteiger partial charge < -0.3 is 15.4 Å². The minimum atomic E-state index is -0.967. The number of rotatable bonds is 8. The first-order valence-electron chi connectivity index (χ1n) is 10.3. The van der Waals surface area contributed by atoms with Crippen LogP contribution in [0.1, 0.15) is 35.1 Å².